The Kier molecular flexibility index (Phi) is 5.30. The van der Waals surface area contributed by atoms with Crippen LogP contribution in [0.2, 0.25) is 0 Å². The number of piperidine rings is 1. The van der Waals surface area contributed by atoms with Gasteiger partial charge in [-0.15, -0.1) is 0 Å². The summed E-state index contributed by atoms with van der Waals surface area (Å²) >= 11 is 0. The van der Waals surface area contributed by atoms with Gasteiger partial charge in [0.05, 0.1) is 5.69 Å². The quantitative estimate of drug-likeness (QED) is 0.898. The van der Waals surface area contributed by atoms with Crippen molar-refractivity contribution in [1.82, 2.24) is 4.90 Å². The lowest BCUT2D eigenvalue weighted by molar-refractivity contribution is 0.0697. The molecule has 2 amide bonds. The molecule has 0 aliphatic carbocycles. The van der Waals surface area contributed by atoms with Crippen LogP contribution < -0.4 is 5.32 Å². The predicted octanol–water partition coefficient (Wildman–Crippen LogP) is 4.09. The molecule has 0 radical (unpaired) electrons. The van der Waals surface area contributed by atoms with Crippen LogP contribution in [0.25, 0.3) is 0 Å². The van der Waals surface area contributed by atoms with Crippen LogP contribution in [-0.2, 0) is 0 Å². The molecule has 3 rings (SSSR count). The van der Waals surface area contributed by atoms with Gasteiger partial charge in [0.2, 0.25) is 0 Å². The second kappa shape index (κ2) is 7.64. The Labute approximate surface area is 150 Å². The van der Waals surface area contributed by atoms with Gasteiger partial charge in [-0.3, -0.25) is 9.59 Å². The van der Waals surface area contributed by atoms with E-state index in [1.54, 1.807) is 23.1 Å². The fourth-order valence-electron chi connectivity index (χ4n) is 2.97. The van der Waals surface area contributed by atoms with Gasteiger partial charge in [0.15, 0.2) is 0 Å². The van der Waals surface area contributed by atoms with Crippen molar-refractivity contribution in [3.8, 4) is 0 Å². The number of halogens is 2. The van der Waals surface area contributed by atoms with Crippen LogP contribution in [0.4, 0.5) is 14.5 Å². The molecule has 2 aromatic carbocycles. The minimum atomic E-state index is -0.854. The summed E-state index contributed by atoms with van der Waals surface area (Å²) < 4.78 is 26.6. The molecule has 0 aromatic heterocycles. The Morgan fingerprint density at radius 2 is 1.73 bits per heavy atom. The van der Waals surface area contributed by atoms with E-state index >= 15 is 0 Å². The first-order valence-electron chi connectivity index (χ1n) is 8.60. The van der Waals surface area contributed by atoms with Crippen molar-refractivity contribution in [2.45, 2.75) is 19.8 Å². The number of hydrogen-bond donors (Lipinski definition) is 1. The van der Waals surface area contributed by atoms with E-state index in [1.165, 1.54) is 6.07 Å². The zero-order valence-electron chi connectivity index (χ0n) is 14.5. The monoisotopic (exact) mass is 358 g/mol. The topological polar surface area (TPSA) is 49.4 Å². The highest BCUT2D eigenvalue weighted by molar-refractivity contribution is 6.06. The van der Waals surface area contributed by atoms with E-state index in [2.05, 4.69) is 12.2 Å². The molecule has 0 spiro atoms. The molecule has 1 saturated heterocycles. The third-order valence-electron chi connectivity index (χ3n) is 4.62. The number of amides is 2. The summed E-state index contributed by atoms with van der Waals surface area (Å²) in [6, 6.07) is 9.25. The van der Waals surface area contributed by atoms with Gasteiger partial charge in [-0.2, -0.15) is 0 Å². The second-order valence-corrected chi connectivity index (χ2v) is 6.63. The molecular weight excluding hydrogens is 338 g/mol. The van der Waals surface area contributed by atoms with Crippen molar-refractivity contribution in [2.75, 3.05) is 18.4 Å². The number of carbonyl (C=O) groups is 2. The van der Waals surface area contributed by atoms with E-state index in [1.807, 2.05) is 0 Å². The lowest BCUT2D eigenvalue weighted by atomic mass is 9.98. The Hall–Kier alpha value is -2.76. The van der Waals surface area contributed by atoms with E-state index < -0.39 is 17.5 Å². The maximum absolute atomic E-state index is 13.7. The SMILES string of the molecule is CC1CCN(C(=O)c2cccc(C(=O)Nc3ccc(F)cc3F)c2)CC1. The minimum Gasteiger partial charge on any atom is -0.339 e. The Morgan fingerprint density at radius 3 is 2.42 bits per heavy atom. The van der Waals surface area contributed by atoms with Gasteiger partial charge in [-0.1, -0.05) is 13.0 Å². The van der Waals surface area contributed by atoms with E-state index in [0.29, 0.717) is 30.6 Å². The number of likely N-dealkylation sites (tertiary alicyclic amines) is 1. The highest BCUT2D eigenvalue weighted by Gasteiger charge is 2.22. The zero-order valence-corrected chi connectivity index (χ0v) is 14.5. The lowest BCUT2D eigenvalue weighted by Gasteiger charge is -2.30. The van der Waals surface area contributed by atoms with Crippen LogP contribution in [0.1, 0.15) is 40.5 Å². The third-order valence-corrected chi connectivity index (χ3v) is 4.62. The molecule has 0 saturated carbocycles. The number of anilines is 1. The number of benzene rings is 2. The minimum absolute atomic E-state index is 0.112. The average molecular weight is 358 g/mol. The molecule has 1 N–H and O–H groups in total. The van der Waals surface area contributed by atoms with Gasteiger partial charge in [0.1, 0.15) is 11.6 Å². The summed E-state index contributed by atoms with van der Waals surface area (Å²) in [7, 11) is 0. The van der Waals surface area contributed by atoms with Gasteiger partial charge in [-0.05, 0) is 49.1 Å². The van der Waals surface area contributed by atoms with Crippen LogP contribution in [0.3, 0.4) is 0 Å². The number of nitrogens with zero attached hydrogens (tertiary/aromatic N) is 1. The largest absolute Gasteiger partial charge is 0.339 e. The molecule has 6 heteroatoms. The van der Waals surface area contributed by atoms with Crippen LogP contribution in [0.15, 0.2) is 42.5 Å². The maximum atomic E-state index is 13.7. The smallest absolute Gasteiger partial charge is 0.255 e. The van der Waals surface area contributed by atoms with E-state index in [-0.39, 0.29) is 17.2 Å². The maximum Gasteiger partial charge on any atom is 0.255 e. The van der Waals surface area contributed by atoms with E-state index in [0.717, 1.165) is 25.0 Å². The summed E-state index contributed by atoms with van der Waals surface area (Å²) in [6.07, 6.45) is 1.94. The summed E-state index contributed by atoms with van der Waals surface area (Å²) in [4.78, 5) is 26.8. The fourth-order valence-corrected chi connectivity index (χ4v) is 2.97. The number of carbonyl (C=O) groups excluding carboxylic acids is 2. The van der Waals surface area contributed by atoms with Crippen molar-refractivity contribution < 1.29 is 18.4 Å². The lowest BCUT2D eigenvalue weighted by Crippen LogP contribution is -2.38. The fraction of sp³-hybridized carbons (Fsp3) is 0.300. The molecule has 1 fully saturated rings. The summed E-state index contributed by atoms with van der Waals surface area (Å²) in [5.41, 5.74) is 0.551. The van der Waals surface area contributed by atoms with Gasteiger partial charge in [-0.25, -0.2) is 8.78 Å². The van der Waals surface area contributed by atoms with Gasteiger partial charge in [0, 0.05) is 30.3 Å². The Balaban J connectivity index is 1.74. The van der Waals surface area contributed by atoms with E-state index in [4.69, 9.17) is 0 Å². The molecule has 0 bridgehead atoms. The molecule has 1 aliphatic rings. The molecular formula is C20H20F2N2O2. The molecule has 26 heavy (non-hydrogen) atoms. The standard InChI is InChI=1S/C20H20F2N2O2/c1-13-7-9-24(10-8-13)20(26)15-4-2-3-14(11-15)19(25)23-18-6-5-16(21)12-17(18)22/h2-6,11-13H,7-10H2,1H3,(H,23,25). The zero-order chi connectivity index (χ0) is 18.7. The molecule has 1 aliphatic heterocycles. The average Bonchev–Trinajstić information content (AvgIpc) is 2.64. The van der Waals surface area contributed by atoms with Crippen molar-refractivity contribution in [2.24, 2.45) is 5.92 Å². The second-order valence-electron chi connectivity index (χ2n) is 6.63. The van der Waals surface area contributed by atoms with Crippen molar-refractivity contribution in [3.63, 3.8) is 0 Å². The van der Waals surface area contributed by atoms with Gasteiger partial charge >= 0.3 is 0 Å². The molecule has 1 heterocycles. The normalized spacial score (nSPS) is 15.0. The molecule has 4 nitrogen and oxygen atoms in total. The van der Waals surface area contributed by atoms with Crippen LogP contribution in [0.5, 0.6) is 0 Å². The van der Waals surface area contributed by atoms with Crippen LogP contribution in [0, 0.1) is 17.6 Å². The number of hydrogen-bond acceptors (Lipinski definition) is 2. The molecule has 2 aromatic rings. The first kappa shape index (κ1) is 18.0. The molecule has 0 unspecified atom stereocenters. The van der Waals surface area contributed by atoms with E-state index in [9.17, 15) is 18.4 Å². The summed E-state index contributed by atoms with van der Waals surface area (Å²) in [5, 5.41) is 2.40. The first-order chi connectivity index (χ1) is 12.4. The Bertz CT molecular complexity index is 830. The van der Waals surface area contributed by atoms with Crippen LogP contribution in [-0.4, -0.2) is 29.8 Å². The highest BCUT2D eigenvalue weighted by Crippen LogP contribution is 2.20. The molecule has 0 atom stereocenters. The molecule has 136 valence electrons. The summed E-state index contributed by atoms with van der Waals surface area (Å²) in [6.45, 7) is 3.58. The third kappa shape index (κ3) is 4.07. The highest BCUT2D eigenvalue weighted by atomic mass is 19.1. The predicted molar refractivity (Wildman–Crippen MR) is 95.1 cm³/mol. The van der Waals surface area contributed by atoms with Crippen molar-refractivity contribution >= 4 is 17.5 Å². The summed E-state index contributed by atoms with van der Waals surface area (Å²) in [5.74, 6) is -1.63. The number of nitrogens with one attached hydrogen (secondary N) is 1. The van der Waals surface area contributed by atoms with Crippen LogP contribution >= 0.6 is 0 Å². The Morgan fingerprint density at radius 1 is 1.04 bits per heavy atom. The van der Waals surface area contributed by atoms with Crippen molar-refractivity contribution in [3.05, 3.63) is 65.2 Å². The van der Waals surface area contributed by atoms with Crippen molar-refractivity contribution in [1.29, 1.82) is 0 Å². The van der Waals surface area contributed by atoms with Gasteiger partial charge in [0.25, 0.3) is 11.8 Å². The first-order valence-corrected chi connectivity index (χ1v) is 8.60. The van der Waals surface area contributed by atoms with Gasteiger partial charge < -0.3 is 10.2 Å². The number of rotatable bonds is 3.